The van der Waals surface area contributed by atoms with E-state index < -0.39 is 5.91 Å². The summed E-state index contributed by atoms with van der Waals surface area (Å²) in [6, 6.07) is 6.50. The van der Waals surface area contributed by atoms with E-state index in [1.807, 2.05) is 0 Å². The van der Waals surface area contributed by atoms with Gasteiger partial charge in [-0.05, 0) is 37.1 Å². The minimum absolute atomic E-state index is 0.0369. The Labute approximate surface area is 105 Å². The van der Waals surface area contributed by atoms with Crippen molar-refractivity contribution in [1.29, 1.82) is 0 Å². The minimum atomic E-state index is -0.479. The zero-order valence-corrected chi connectivity index (χ0v) is 10.0. The van der Waals surface area contributed by atoms with Crippen molar-refractivity contribution in [3.63, 3.8) is 0 Å². The lowest BCUT2D eigenvalue weighted by atomic mass is 10.1. The van der Waals surface area contributed by atoms with Crippen LogP contribution in [0.5, 0.6) is 0 Å². The summed E-state index contributed by atoms with van der Waals surface area (Å²) in [5, 5.41) is 2.76. The summed E-state index contributed by atoms with van der Waals surface area (Å²) >= 11 is 0. The zero-order valence-electron chi connectivity index (χ0n) is 10.0. The first kappa shape index (κ1) is 12.6. The zero-order chi connectivity index (χ0) is 13.0. The van der Waals surface area contributed by atoms with Crippen LogP contribution in [0.15, 0.2) is 24.3 Å². The fourth-order valence-electron chi connectivity index (χ4n) is 1.94. The molecular formula is C13H16N2O3. The highest BCUT2D eigenvalue weighted by molar-refractivity contribution is 5.94. The Bertz CT molecular complexity index is 436. The van der Waals surface area contributed by atoms with Gasteiger partial charge in [0, 0.05) is 17.9 Å². The Morgan fingerprint density at radius 2 is 2.06 bits per heavy atom. The molecule has 96 valence electrons. The highest BCUT2D eigenvalue weighted by atomic mass is 16.5. The van der Waals surface area contributed by atoms with Crippen molar-refractivity contribution in [3.05, 3.63) is 29.8 Å². The number of ether oxygens (including phenoxy) is 1. The fourth-order valence-corrected chi connectivity index (χ4v) is 1.94. The van der Waals surface area contributed by atoms with Gasteiger partial charge in [0.2, 0.25) is 11.8 Å². The van der Waals surface area contributed by atoms with E-state index in [1.165, 1.54) is 0 Å². The molecular weight excluding hydrogens is 232 g/mol. The van der Waals surface area contributed by atoms with Crippen molar-refractivity contribution < 1.29 is 14.3 Å². The number of primary amides is 1. The lowest BCUT2D eigenvalue weighted by Crippen LogP contribution is -2.19. The van der Waals surface area contributed by atoms with E-state index in [4.69, 9.17) is 10.5 Å². The molecule has 1 aromatic rings. The lowest BCUT2D eigenvalue weighted by Gasteiger charge is -2.09. The average molecular weight is 248 g/mol. The van der Waals surface area contributed by atoms with E-state index in [2.05, 4.69) is 5.32 Å². The van der Waals surface area contributed by atoms with E-state index in [-0.39, 0.29) is 12.0 Å². The molecule has 0 aliphatic carbocycles. The quantitative estimate of drug-likeness (QED) is 0.842. The Balaban J connectivity index is 1.88. The molecule has 1 heterocycles. The molecule has 0 radical (unpaired) electrons. The monoisotopic (exact) mass is 248 g/mol. The van der Waals surface area contributed by atoms with E-state index >= 15 is 0 Å². The minimum Gasteiger partial charge on any atom is -0.378 e. The van der Waals surface area contributed by atoms with Crippen molar-refractivity contribution in [1.82, 2.24) is 0 Å². The largest absolute Gasteiger partial charge is 0.378 e. The number of carbonyl (C=O) groups excluding carboxylic acids is 2. The van der Waals surface area contributed by atoms with E-state index in [0.29, 0.717) is 17.7 Å². The normalized spacial score (nSPS) is 18.6. The number of benzene rings is 1. The predicted molar refractivity (Wildman–Crippen MR) is 67.2 cm³/mol. The maximum atomic E-state index is 11.7. The molecule has 1 atom stereocenters. The molecule has 3 N–H and O–H groups in total. The molecule has 1 fully saturated rings. The first-order valence-electron chi connectivity index (χ1n) is 5.96. The number of rotatable bonds is 4. The summed E-state index contributed by atoms with van der Waals surface area (Å²) in [6.45, 7) is 0.741. The summed E-state index contributed by atoms with van der Waals surface area (Å²) in [6.07, 6.45) is 2.37. The van der Waals surface area contributed by atoms with Gasteiger partial charge in [-0.15, -0.1) is 0 Å². The van der Waals surface area contributed by atoms with Gasteiger partial charge in [0.25, 0.3) is 0 Å². The van der Waals surface area contributed by atoms with Crippen molar-refractivity contribution in [2.75, 3.05) is 11.9 Å². The van der Waals surface area contributed by atoms with Crippen molar-refractivity contribution >= 4 is 17.5 Å². The summed E-state index contributed by atoms with van der Waals surface area (Å²) in [5.74, 6) is -0.555. The third-order valence-corrected chi connectivity index (χ3v) is 2.89. The molecule has 1 aromatic carbocycles. The summed E-state index contributed by atoms with van der Waals surface area (Å²) in [4.78, 5) is 22.6. The molecule has 0 saturated carbocycles. The second-order valence-electron chi connectivity index (χ2n) is 4.33. The topological polar surface area (TPSA) is 81.4 Å². The third kappa shape index (κ3) is 3.30. The highest BCUT2D eigenvalue weighted by Gasteiger charge is 2.18. The number of hydrogen-bond acceptors (Lipinski definition) is 3. The first-order valence-corrected chi connectivity index (χ1v) is 5.96. The van der Waals surface area contributed by atoms with Crippen LogP contribution in [0, 0.1) is 0 Å². The van der Waals surface area contributed by atoms with Crippen LogP contribution in [-0.4, -0.2) is 24.5 Å². The first-order chi connectivity index (χ1) is 8.65. The fraction of sp³-hybridized carbons (Fsp3) is 0.385. The molecule has 0 spiro atoms. The second kappa shape index (κ2) is 5.64. The van der Waals surface area contributed by atoms with Gasteiger partial charge in [-0.3, -0.25) is 9.59 Å². The highest BCUT2D eigenvalue weighted by Crippen LogP contribution is 2.16. The molecule has 1 aliphatic heterocycles. The number of nitrogens with one attached hydrogen (secondary N) is 1. The second-order valence-corrected chi connectivity index (χ2v) is 4.33. The molecule has 2 amide bonds. The number of carbonyl (C=O) groups is 2. The Morgan fingerprint density at radius 1 is 1.33 bits per heavy atom. The standard InChI is InChI=1S/C13H16N2O3/c14-13(17)9-3-5-10(6-4-9)15-12(16)8-11-2-1-7-18-11/h3-6,11H,1-2,7-8H2,(H2,14,17)(H,15,16). The number of nitrogens with two attached hydrogens (primary N) is 1. The molecule has 0 bridgehead atoms. The molecule has 2 rings (SSSR count). The number of amides is 2. The van der Waals surface area contributed by atoms with E-state index in [1.54, 1.807) is 24.3 Å². The van der Waals surface area contributed by atoms with Crippen LogP contribution in [0.4, 0.5) is 5.69 Å². The van der Waals surface area contributed by atoms with Gasteiger partial charge in [-0.25, -0.2) is 0 Å². The number of hydrogen-bond donors (Lipinski definition) is 2. The molecule has 5 heteroatoms. The van der Waals surface area contributed by atoms with Crippen LogP contribution in [0.2, 0.25) is 0 Å². The van der Waals surface area contributed by atoms with Crippen LogP contribution >= 0.6 is 0 Å². The van der Waals surface area contributed by atoms with Gasteiger partial charge in [-0.1, -0.05) is 0 Å². The van der Waals surface area contributed by atoms with Gasteiger partial charge >= 0.3 is 0 Å². The van der Waals surface area contributed by atoms with Gasteiger partial charge in [-0.2, -0.15) is 0 Å². The van der Waals surface area contributed by atoms with E-state index in [0.717, 1.165) is 19.4 Å². The number of anilines is 1. The van der Waals surface area contributed by atoms with Crippen LogP contribution in [-0.2, 0) is 9.53 Å². The van der Waals surface area contributed by atoms with Crippen LogP contribution in [0.1, 0.15) is 29.6 Å². The predicted octanol–water partition coefficient (Wildman–Crippen LogP) is 1.29. The van der Waals surface area contributed by atoms with Crippen molar-refractivity contribution in [2.45, 2.75) is 25.4 Å². The van der Waals surface area contributed by atoms with Gasteiger partial charge in [0.1, 0.15) is 0 Å². The van der Waals surface area contributed by atoms with Crippen molar-refractivity contribution in [2.24, 2.45) is 5.73 Å². The summed E-state index contributed by atoms with van der Waals surface area (Å²) in [7, 11) is 0. The molecule has 18 heavy (non-hydrogen) atoms. The van der Waals surface area contributed by atoms with Gasteiger partial charge in [0.05, 0.1) is 12.5 Å². The van der Waals surface area contributed by atoms with Crippen molar-refractivity contribution in [3.8, 4) is 0 Å². The molecule has 0 aromatic heterocycles. The smallest absolute Gasteiger partial charge is 0.248 e. The molecule has 1 saturated heterocycles. The average Bonchev–Trinajstić information content (AvgIpc) is 2.82. The van der Waals surface area contributed by atoms with Gasteiger partial charge < -0.3 is 15.8 Å². The molecule has 5 nitrogen and oxygen atoms in total. The third-order valence-electron chi connectivity index (χ3n) is 2.89. The van der Waals surface area contributed by atoms with Crippen LogP contribution in [0.3, 0.4) is 0 Å². The lowest BCUT2D eigenvalue weighted by molar-refractivity contribution is -0.118. The summed E-state index contributed by atoms with van der Waals surface area (Å²) < 4.78 is 5.39. The molecule has 1 unspecified atom stereocenters. The Hall–Kier alpha value is -1.88. The maximum Gasteiger partial charge on any atom is 0.248 e. The van der Waals surface area contributed by atoms with Crippen LogP contribution < -0.4 is 11.1 Å². The van der Waals surface area contributed by atoms with E-state index in [9.17, 15) is 9.59 Å². The Kier molecular flexibility index (Phi) is 3.94. The Morgan fingerprint density at radius 3 is 2.61 bits per heavy atom. The maximum absolute atomic E-state index is 11.7. The summed E-state index contributed by atoms with van der Waals surface area (Å²) in [5.41, 5.74) is 6.21. The van der Waals surface area contributed by atoms with Gasteiger partial charge in [0.15, 0.2) is 0 Å². The SMILES string of the molecule is NC(=O)c1ccc(NC(=O)CC2CCCO2)cc1. The molecule has 1 aliphatic rings. The van der Waals surface area contributed by atoms with Crippen LogP contribution in [0.25, 0.3) is 0 Å².